The number of hydrogen-bond acceptors (Lipinski definition) is 7. The Balaban J connectivity index is 1.62. The fraction of sp³-hybridized carbons (Fsp3) is 0.238. The van der Waals surface area contributed by atoms with Crippen LogP contribution in [0.2, 0.25) is 0 Å². The number of amides is 1. The minimum absolute atomic E-state index is 0.272. The molecule has 0 aliphatic rings. The molecule has 0 aromatic carbocycles. The minimum atomic E-state index is -0.272. The van der Waals surface area contributed by atoms with Gasteiger partial charge in [-0.2, -0.15) is 5.10 Å². The van der Waals surface area contributed by atoms with Crippen LogP contribution in [0.4, 0.5) is 5.69 Å². The van der Waals surface area contributed by atoms with Crippen molar-refractivity contribution in [3.05, 3.63) is 64.2 Å². The molecule has 4 aromatic rings. The van der Waals surface area contributed by atoms with Gasteiger partial charge in [-0.15, -0.1) is 11.3 Å². The molecule has 1 N–H and O–H groups in total. The summed E-state index contributed by atoms with van der Waals surface area (Å²) in [6, 6.07) is 9.30. The number of nitrogens with one attached hydrogen (secondary N) is 1. The van der Waals surface area contributed by atoms with E-state index in [-0.39, 0.29) is 5.91 Å². The number of pyridine rings is 2. The van der Waals surface area contributed by atoms with Gasteiger partial charge in [0.1, 0.15) is 12.3 Å². The summed E-state index contributed by atoms with van der Waals surface area (Å²) in [6.45, 7) is 3.24. The molecule has 0 unspecified atom stereocenters. The van der Waals surface area contributed by atoms with E-state index in [1.54, 1.807) is 49.0 Å². The molecule has 30 heavy (non-hydrogen) atoms. The zero-order valence-corrected chi connectivity index (χ0v) is 17.5. The van der Waals surface area contributed by atoms with Crippen LogP contribution >= 0.6 is 11.3 Å². The van der Waals surface area contributed by atoms with Gasteiger partial charge < -0.3 is 14.8 Å². The smallest absolute Gasteiger partial charge is 0.256 e. The lowest BCUT2D eigenvalue weighted by Gasteiger charge is -2.12. The van der Waals surface area contributed by atoms with E-state index in [4.69, 9.17) is 9.47 Å². The van der Waals surface area contributed by atoms with Crippen LogP contribution in [0, 0.1) is 6.92 Å². The van der Waals surface area contributed by atoms with Crippen LogP contribution in [0.1, 0.15) is 20.9 Å². The highest BCUT2D eigenvalue weighted by Gasteiger charge is 2.18. The summed E-state index contributed by atoms with van der Waals surface area (Å²) < 4.78 is 12.4. The Morgan fingerprint density at radius 2 is 2.17 bits per heavy atom. The number of thiophene rings is 1. The van der Waals surface area contributed by atoms with E-state index < -0.39 is 0 Å². The lowest BCUT2D eigenvalue weighted by Crippen LogP contribution is -2.15. The lowest BCUT2D eigenvalue weighted by molar-refractivity contribution is 0.102. The number of hydrogen-bond donors (Lipinski definition) is 1. The van der Waals surface area contributed by atoms with E-state index in [9.17, 15) is 4.79 Å². The van der Waals surface area contributed by atoms with Gasteiger partial charge in [0, 0.05) is 23.9 Å². The van der Waals surface area contributed by atoms with Gasteiger partial charge in [0.15, 0.2) is 5.65 Å². The second-order valence-electron chi connectivity index (χ2n) is 6.58. The van der Waals surface area contributed by atoms with E-state index in [0.717, 1.165) is 5.69 Å². The van der Waals surface area contributed by atoms with Crippen LogP contribution in [0.3, 0.4) is 0 Å². The predicted octanol–water partition coefficient (Wildman–Crippen LogP) is 3.52. The molecule has 0 aliphatic carbocycles. The average Bonchev–Trinajstić information content (AvgIpc) is 3.39. The van der Waals surface area contributed by atoms with Crippen LogP contribution in [-0.4, -0.2) is 46.0 Å². The molecule has 0 fully saturated rings. The number of aromatic nitrogens is 4. The van der Waals surface area contributed by atoms with Crippen molar-refractivity contribution in [2.24, 2.45) is 0 Å². The Morgan fingerprint density at radius 1 is 1.27 bits per heavy atom. The van der Waals surface area contributed by atoms with Crippen LogP contribution in [0.25, 0.3) is 11.0 Å². The van der Waals surface area contributed by atoms with Crippen LogP contribution < -0.4 is 10.1 Å². The number of ether oxygens (including phenoxy) is 2. The summed E-state index contributed by atoms with van der Waals surface area (Å²) in [5, 5.41) is 10.1. The first-order valence-corrected chi connectivity index (χ1v) is 10.3. The third-order valence-corrected chi connectivity index (χ3v) is 5.27. The van der Waals surface area contributed by atoms with E-state index >= 15 is 0 Å². The largest absolute Gasteiger partial charge is 0.474 e. The monoisotopic (exact) mass is 423 g/mol. The fourth-order valence-electron chi connectivity index (χ4n) is 3.04. The SMILES string of the molecule is COCCOc1ncccc1NC(=O)c1cc(C)nc2c1cnn2Cc1cccs1. The van der Waals surface area contributed by atoms with Crippen molar-refractivity contribution in [2.75, 3.05) is 25.6 Å². The van der Waals surface area contributed by atoms with Gasteiger partial charge >= 0.3 is 0 Å². The first-order valence-electron chi connectivity index (χ1n) is 9.39. The fourth-order valence-corrected chi connectivity index (χ4v) is 3.72. The van der Waals surface area contributed by atoms with Crippen molar-refractivity contribution in [3.8, 4) is 5.88 Å². The van der Waals surface area contributed by atoms with E-state index in [0.29, 0.717) is 47.9 Å². The van der Waals surface area contributed by atoms with Crippen molar-refractivity contribution in [2.45, 2.75) is 13.5 Å². The topological polar surface area (TPSA) is 91.2 Å². The van der Waals surface area contributed by atoms with Crippen molar-refractivity contribution in [1.82, 2.24) is 19.7 Å². The average molecular weight is 423 g/mol. The van der Waals surface area contributed by atoms with E-state index in [2.05, 4.69) is 26.4 Å². The molecule has 1 amide bonds. The molecule has 0 aliphatic heterocycles. The molecule has 0 bridgehead atoms. The molecule has 154 valence electrons. The zero-order valence-electron chi connectivity index (χ0n) is 16.7. The molecular weight excluding hydrogens is 402 g/mol. The quantitative estimate of drug-likeness (QED) is 0.436. The molecule has 4 rings (SSSR count). The highest BCUT2D eigenvalue weighted by atomic mass is 32.1. The Bertz CT molecular complexity index is 1160. The number of aryl methyl sites for hydroxylation is 1. The second-order valence-corrected chi connectivity index (χ2v) is 7.61. The first-order chi connectivity index (χ1) is 14.7. The van der Waals surface area contributed by atoms with Gasteiger partial charge in [-0.25, -0.2) is 14.6 Å². The van der Waals surface area contributed by atoms with Crippen molar-refractivity contribution in [3.63, 3.8) is 0 Å². The molecule has 0 atom stereocenters. The summed E-state index contributed by atoms with van der Waals surface area (Å²) >= 11 is 1.66. The number of fused-ring (bicyclic) bond motifs is 1. The maximum Gasteiger partial charge on any atom is 0.256 e. The molecule has 4 aromatic heterocycles. The molecule has 0 radical (unpaired) electrons. The minimum Gasteiger partial charge on any atom is -0.474 e. The van der Waals surface area contributed by atoms with E-state index in [1.807, 2.05) is 23.1 Å². The molecule has 0 spiro atoms. The van der Waals surface area contributed by atoms with Crippen molar-refractivity contribution in [1.29, 1.82) is 0 Å². The highest BCUT2D eigenvalue weighted by Crippen LogP contribution is 2.24. The molecule has 0 saturated heterocycles. The van der Waals surface area contributed by atoms with Crippen LogP contribution in [-0.2, 0) is 11.3 Å². The van der Waals surface area contributed by atoms with Gasteiger partial charge in [0.25, 0.3) is 5.91 Å². The predicted molar refractivity (Wildman–Crippen MR) is 115 cm³/mol. The van der Waals surface area contributed by atoms with Crippen LogP contribution in [0.15, 0.2) is 48.1 Å². The normalized spacial score (nSPS) is 11.0. The number of rotatable bonds is 8. The maximum absolute atomic E-state index is 13.1. The lowest BCUT2D eigenvalue weighted by atomic mass is 10.1. The Kier molecular flexibility index (Phi) is 6.01. The first kappa shape index (κ1) is 20.0. The second kappa shape index (κ2) is 9.02. The standard InChI is InChI=1S/C21H21N5O3S/c1-14-11-16(17-12-23-26(19(17)24-14)13-15-5-4-10-30-15)20(27)25-18-6-3-7-22-21(18)29-9-8-28-2/h3-7,10-12H,8-9,13H2,1-2H3,(H,25,27). The number of nitrogens with zero attached hydrogens (tertiary/aromatic N) is 4. The van der Waals surface area contributed by atoms with E-state index in [1.165, 1.54) is 4.88 Å². The molecular formula is C21H21N5O3S. The van der Waals surface area contributed by atoms with Crippen LogP contribution in [0.5, 0.6) is 5.88 Å². The summed E-state index contributed by atoms with van der Waals surface area (Å²) in [5.41, 5.74) is 2.41. The molecule has 0 saturated carbocycles. The summed E-state index contributed by atoms with van der Waals surface area (Å²) in [5.74, 6) is 0.0732. The van der Waals surface area contributed by atoms with Gasteiger partial charge in [0.2, 0.25) is 5.88 Å². The number of carbonyl (C=O) groups excluding carboxylic acids is 1. The zero-order chi connectivity index (χ0) is 20.9. The summed E-state index contributed by atoms with van der Waals surface area (Å²) in [4.78, 5) is 23.1. The van der Waals surface area contributed by atoms with Gasteiger partial charge in [-0.05, 0) is 36.6 Å². The third kappa shape index (κ3) is 4.32. The molecule has 4 heterocycles. The highest BCUT2D eigenvalue weighted by molar-refractivity contribution is 7.09. The number of anilines is 1. The summed E-state index contributed by atoms with van der Waals surface area (Å²) in [6.07, 6.45) is 3.30. The number of carbonyl (C=O) groups is 1. The summed E-state index contributed by atoms with van der Waals surface area (Å²) in [7, 11) is 1.60. The molecule has 9 heteroatoms. The maximum atomic E-state index is 13.1. The number of methoxy groups -OCH3 is 1. The van der Waals surface area contributed by atoms with Crippen molar-refractivity contribution >= 4 is 34.0 Å². The third-order valence-electron chi connectivity index (χ3n) is 4.41. The Morgan fingerprint density at radius 3 is 2.97 bits per heavy atom. The van der Waals surface area contributed by atoms with Crippen molar-refractivity contribution < 1.29 is 14.3 Å². The molecule has 8 nitrogen and oxygen atoms in total. The Labute approximate surface area is 177 Å². The van der Waals surface area contributed by atoms with Gasteiger partial charge in [0.05, 0.1) is 30.3 Å². The van der Waals surface area contributed by atoms with Gasteiger partial charge in [-0.3, -0.25) is 4.79 Å². The van der Waals surface area contributed by atoms with Gasteiger partial charge in [-0.1, -0.05) is 6.07 Å². The Hall–Kier alpha value is -3.30.